The number of fused-ring (bicyclic) bond motifs is 5. The summed E-state index contributed by atoms with van der Waals surface area (Å²) < 4.78 is 44.6. The van der Waals surface area contributed by atoms with Gasteiger partial charge in [-0.05, 0) is 79.8 Å². The summed E-state index contributed by atoms with van der Waals surface area (Å²) in [7, 11) is 0. The Labute approximate surface area is 214 Å². The summed E-state index contributed by atoms with van der Waals surface area (Å²) in [5.74, 6) is 1.15. The van der Waals surface area contributed by atoms with Crippen LogP contribution in [0.15, 0.2) is 24.4 Å². The van der Waals surface area contributed by atoms with Gasteiger partial charge in [0.2, 0.25) is 11.9 Å². The number of hydrogen-bond donors (Lipinski definition) is 3. The molecule has 0 aliphatic carbocycles. The van der Waals surface area contributed by atoms with E-state index in [1.54, 1.807) is 10.6 Å². The number of aryl methyl sites for hydroxylation is 1. The minimum Gasteiger partial charge on any atom is -0.406 e. The van der Waals surface area contributed by atoms with E-state index in [1.165, 1.54) is 12.1 Å². The molecule has 4 heterocycles. The summed E-state index contributed by atoms with van der Waals surface area (Å²) in [5.41, 5.74) is 3.64. The molecule has 0 amide bonds. The Morgan fingerprint density at radius 3 is 2.59 bits per heavy atom. The van der Waals surface area contributed by atoms with Crippen LogP contribution in [-0.2, 0) is 13.0 Å². The molecule has 2 aliphatic rings. The van der Waals surface area contributed by atoms with E-state index in [0.717, 1.165) is 74.1 Å². The minimum atomic E-state index is -4.72. The number of alkyl halides is 3. The number of piperidine rings is 1. The quantitative estimate of drug-likeness (QED) is 0.427. The standard InChI is InChI=1S/C26H34F3N7O/c1-17(2)21-15-33-36-22(21)34-23-32-16-25(9-11-30-12-10-25)8-4-3-5-18-13-20(37-26(27,28)29)7-6-19(18)14-31-24(36)35-23/h6-7,13,15,17,30H,3-5,8-12,14,16H2,1-2H3,(H2,31,32,34,35). The molecule has 200 valence electrons. The van der Waals surface area contributed by atoms with Gasteiger partial charge in [-0.3, -0.25) is 0 Å². The van der Waals surface area contributed by atoms with Gasteiger partial charge in [0, 0.05) is 18.7 Å². The van der Waals surface area contributed by atoms with Gasteiger partial charge in [0.1, 0.15) is 5.75 Å². The van der Waals surface area contributed by atoms with Crippen molar-refractivity contribution in [2.75, 3.05) is 30.3 Å². The van der Waals surface area contributed by atoms with Crippen molar-refractivity contribution in [3.05, 3.63) is 41.1 Å². The zero-order valence-corrected chi connectivity index (χ0v) is 21.3. The molecular weight excluding hydrogens is 483 g/mol. The normalized spacial score (nSPS) is 18.6. The van der Waals surface area contributed by atoms with Crippen molar-refractivity contribution in [2.45, 2.75) is 71.2 Å². The molecule has 1 fully saturated rings. The van der Waals surface area contributed by atoms with Gasteiger partial charge in [-0.15, -0.1) is 13.2 Å². The molecule has 0 radical (unpaired) electrons. The van der Waals surface area contributed by atoms with Crippen molar-refractivity contribution >= 4 is 17.5 Å². The molecule has 2 aliphatic heterocycles. The van der Waals surface area contributed by atoms with Gasteiger partial charge in [0.15, 0.2) is 5.65 Å². The Morgan fingerprint density at radius 1 is 1.03 bits per heavy atom. The van der Waals surface area contributed by atoms with Crippen LogP contribution in [0.25, 0.3) is 5.65 Å². The highest BCUT2D eigenvalue weighted by Crippen LogP contribution is 2.36. The molecule has 2 bridgehead atoms. The first-order valence-electron chi connectivity index (χ1n) is 13.0. The average Bonchev–Trinajstić information content (AvgIpc) is 3.29. The molecule has 0 unspecified atom stereocenters. The van der Waals surface area contributed by atoms with E-state index >= 15 is 0 Å². The minimum absolute atomic E-state index is 0.115. The van der Waals surface area contributed by atoms with Gasteiger partial charge in [0.25, 0.3) is 0 Å². The van der Waals surface area contributed by atoms with Crippen LogP contribution in [-0.4, -0.2) is 45.6 Å². The molecule has 1 spiro atoms. The highest BCUT2D eigenvalue weighted by molar-refractivity contribution is 5.56. The van der Waals surface area contributed by atoms with Crippen molar-refractivity contribution in [3.8, 4) is 5.75 Å². The number of ether oxygens (including phenoxy) is 1. The van der Waals surface area contributed by atoms with E-state index in [1.807, 2.05) is 6.20 Å². The monoisotopic (exact) mass is 517 g/mol. The molecule has 2 aromatic heterocycles. The Morgan fingerprint density at radius 2 is 1.84 bits per heavy atom. The second-order valence-corrected chi connectivity index (χ2v) is 10.5. The van der Waals surface area contributed by atoms with Crippen molar-refractivity contribution in [1.29, 1.82) is 0 Å². The first-order chi connectivity index (χ1) is 17.7. The molecule has 5 rings (SSSR count). The van der Waals surface area contributed by atoms with Gasteiger partial charge < -0.3 is 20.7 Å². The summed E-state index contributed by atoms with van der Waals surface area (Å²) in [4.78, 5) is 9.58. The molecule has 3 aromatic rings. The van der Waals surface area contributed by atoms with Gasteiger partial charge in [-0.25, -0.2) is 0 Å². The fourth-order valence-electron chi connectivity index (χ4n) is 5.43. The molecular formula is C26H34F3N7O. The van der Waals surface area contributed by atoms with Crippen LogP contribution < -0.4 is 20.7 Å². The predicted octanol–water partition coefficient (Wildman–Crippen LogP) is 5.27. The van der Waals surface area contributed by atoms with E-state index < -0.39 is 6.36 Å². The van der Waals surface area contributed by atoms with Crippen LogP contribution in [0.3, 0.4) is 0 Å². The number of nitrogens with zero attached hydrogens (tertiary/aromatic N) is 4. The maximum atomic E-state index is 12.9. The van der Waals surface area contributed by atoms with Crippen LogP contribution in [0.4, 0.5) is 25.1 Å². The van der Waals surface area contributed by atoms with Crippen molar-refractivity contribution in [3.63, 3.8) is 0 Å². The topological polar surface area (TPSA) is 88.4 Å². The van der Waals surface area contributed by atoms with E-state index in [-0.39, 0.29) is 17.1 Å². The van der Waals surface area contributed by atoms with Crippen LogP contribution in [0, 0.1) is 5.41 Å². The summed E-state index contributed by atoms with van der Waals surface area (Å²) in [6, 6.07) is 4.59. The first-order valence-corrected chi connectivity index (χ1v) is 13.0. The third kappa shape index (κ3) is 5.92. The Kier molecular flexibility index (Phi) is 7.15. The van der Waals surface area contributed by atoms with Gasteiger partial charge in [-0.1, -0.05) is 26.3 Å². The number of anilines is 2. The Hall–Kier alpha value is -3.08. The Bertz CT molecular complexity index is 1230. The number of benzene rings is 1. The van der Waals surface area contributed by atoms with Crippen LogP contribution in [0.2, 0.25) is 0 Å². The van der Waals surface area contributed by atoms with Gasteiger partial charge in [0.05, 0.1) is 6.20 Å². The second-order valence-electron chi connectivity index (χ2n) is 10.5. The smallest absolute Gasteiger partial charge is 0.406 e. The molecule has 1 saturated heterocycles. The zero-order valence-electron chi connectivity index (χ0n) is 21.3. The molecule has 1 aromatic carbocycles. The number of aromatic nitrogens is 4. The number of hydrogen-bond acceptors (Lipinski definition) is 7. The Balaban J connectivity index is 1.53. The van der Waals surface area contributed by atoms with Crippen molar-refractivity contribution in [2.24, 2.45) is 5.41 Å². The number of rotatable bonds is 2. The molecule has 11 heteroatoms. The fraction of sp³-hybridized carbons (Fsp3) is 0.577. The molecule has 0 atom stereocenters. The van der Waals surface area contributed by atoms with Crippen LogP contribution >= 0.6 is 0 Å². The molecule has 0 saturated carbocycles. The van der Waals surface area contributed by atoms with Crippen LogP contribution in [0.1, 0.15) is 68.6 Å². The maximum absolute atomic E-state index is 12.9. The summed E-state index contributed by atoms with van der Waals surface area (Å²) in [6.07, 6.45) is 2.80. The zero-order chi connectivity index (χ0) is 26.0. The lowest BCUT2D eigenvalue weighted by Gasteiger charge is -2.38. The SMILES string of the molecule is CC(C)c1cnn2c3nc(nc12)NCC1(CCCCc2cc(OC(F)(F)F)ccc2CN3)CCNCC1. The maximum Gasteiger partial charge on any atom is 0.573 e. The lowest BCUT2D eigenvalue weighted by atomic mass is 9.74. The van der Waals surface area contributed by atoms with Crippen molar-refractivity contribution in [1.82, 2.24) is 24.9 Å². The highest BCUT2D eigenvalue weighted by atomic mass is 19.4. The summed E-state index contributed by atoms with van der Waals surface area (Å²) in [6.45, 7) is 7.30. The van der Waals surface area contributed by atoms with E-state index in [9.17, 15) is 13.2 Å². The number of halogens is 3. The number of nitrogens with one attached hydrogen (secondary N) is 3. The van der Waals surface area contributed by atoms with Crippen molar-refractivity contribution < 1.29 is 17.9 Å². The predicted molar refractivity (Wildman–Crippen MR) is 136 cm³/mol. The van der Waals surface area contributed by atoms with Crippen LogP contribution in [0.5, 0.6) is 5.75 Å². The molecule has 8 nitrogen and oxygen atoms in total. The third-order valence-electron chi connectivity index (χ3n) is 7.55. The largest absolute Gasteiger partial charge is 0.573 e. The highest BCUT2D eigenvalue weighted by Gasteiger charge is 2.33. The fourth-order valence-corrected chi connectivity index (χ4v) is 5.43. The molecule has 3 N–H and O–H groups in total. The van der Waals surface area contributed by atoms with Gasteiger partial charge in [-0.2, -0.15) is 19.6 Å². The van der Waals surface area contributed by atoms with E-state index in [4.69, 9.17) is 9.97 Å². The lowest BCUT2D eigenvalue weighted by Crippen LogP contribution is -2.41. The first kappa shape index (κ1) is 25.6. The lowest BCUT2D eigenvalue weighted by molar-refractivity contribution is -0.274. The van der Waals surface area contributed by atoms with Gasteiger partial charge >= 0.3 is 6.36 Å². The molecule has 37 heavy (non-hydrogen) atoms. The third-order valence-corrected chi connectivity index (χ3v) is 7.55. The van der Waals surface area contributed by atoms with E-state index in [0.29, 0.717) is 24.9 Å². The second kappa shape index (κ2) is 10.4. The average molecular weight is 518 g/mol. The van der Waals surface area contributed by atoms with E-state index in [2.05, 4.69) is 39.6 Å². The summed E-state index contributed by atoms with van der Waals surface area (Å²) in [5, 5.41) is 14.9. The summed E-state index contributed by atoms with van der Waals surface area (Å²) >= 11 is 0.